The number of carbonyl (C=O) groups is 2. The van der Waals surface area contributed by atoms with E-state index in [-0.39, 0.29) is 17.2 Å². The fourth-order valence-corrected chi connectivity index (χ4v) is 2.59. The van der Waals surface area contributed by atoms with Gasteiger partial charge in [-0.05, 0) is 30.7 Å². The summed E-state index contributed by atoms with van der Waals surface area (Å²) in [6.45, 7) is 2.59. The summed E-state index contributed by atoms with van der Waals surface area (Å²) in [7, 11) is 4.58. The van der Waals surface area contributed by atoms with Gasteiger partial charge in [0.2, 0.25) is 0 Å². The van der Waals surface area contributed by atoms with Gasteiger partial charge in [-0.2, -0.15) is 0 Å². The van der Waals surface area contributed by atoms with Gasteiger partial charge in [-0.15, -0.1) is 0 Å². The molecule has 0 aliphatic carbocycles. The molecule has 1 aromatic carbocycles. The Hall–Kier alpha value is -3.19. The standard InChI is InChI=1S/C21H24N2O5/c1-14-12-18(28-4)19(21(26)23(14)2)17(24)9-8-15-6-5-7-16(13-15)20(25)22-10-11-27-3/h5-9,12-13H,10-11H2,1-4H3,(H,22,25)/b9-8+. The second-order valence-corrected chi connectivity index (χ2v) is 6.17. The molecule has 1 N–H and O–H groups in total. The number of methoxy groups -OCH3 is 2. The summed E-state index contributed by atoms with van der Waals surface area (Å²) in [5.41, 5.74) is 1.37. The summed E-state index contributed by atoms with van der Waals surface area (Å²) in [6.07, 6.45) is 2.86. The van der Waals surface area contributed by atoms with Crippen LogP contribution in [-0.4, -0.2) is 43.6 Å². The molecule has 1 amide bonds. The average molecular weight is 384 g/mol. The third kappa shape index (κ3) is 4.95. The molecule has 0 radical (unpaired) electrons. The van der Waals surface area contributed by atoms with Crippen LogP contribution in [0.25, 0.3) is 6.08 Å². The predicted molar refractivity (Wildman–Crippen MR) is 107 cm³/mol. The Morgan fingerprint density at radius 2 is 1.96 bits per heavy atom. The van der Waals surface area contributed by atoms with E-state index >= 15 is 0 Å². The van der Waals surface area contributed by atoms with Crippen LogP contribution >= 0.6 is 0 Å². The Labute approximate surface area is 163 Å². The fourth-order valence-electron chi connectivity index (χ4n) is 2.59. The van der Waals surface area contributed by atoms with Crippen LogP contribution < -0.4 is 15.6 Å². The number of benzene rings is 1. The molecule has 7 heteroatoms. The first kappa shape index (κ1) is 21.1. The first-order valence-electron chi connectivity index (χ1n) is 8.73. The Morgan fingerprint density at radius 1 is 1.21 bits per heavy atom. The number of carbonyl (C=O) groups excluding carboxylic acids is 2. The molecule has 0 aliphatic rings. The maximum absolute atomic E-state index is 12.6. The van der Waals surface area contributed by atoms with Crippen molar-refractivity contribution in [3.05, 3.63) is 69.1 Å². The average Bonchev–Trinajstić information content (AvgIpc) is 2.70. The zero-order valence-corrected chi connectivity index (χ0v) is 16.4. The normalized spacial score (nSPS) is 10.9. The molecule has 0 spiro atoms. The van der Waals surface area contributed by atoms with E-state index in [1.54, 1.807) is 57.5 Å². The minimum atomic E-state index is -0.465. The molecule has 0 saturated heterocycles. The number of hydrogen-bond acceptors (Lipinski definition) is 5. The van der Waals surface area contributed by atoms with Crippen molar-refractivity contribution in [3.63, 3.8) is 0 Å². The summed E-state index contributed by atoms with van der Waals surface area (Å²) < 4.78 is 11.5. The molecule has 28 heavy (non-hydrogen) atoms. The quantitative estimate of drug-likeness (QED) is 0.427. The van der Waals surface area contributed by atoms with Crippen molar-refractivity contribution in [2.24, 2.45) is 7.05 Å². The Balaban J connectivity index is 2.24. The minimum Gasteiger partial charge on any atom is -0.496 e. The van der Waals surface area contributed by atoms with E-state index in [1.807, 2.05) is 0 Å². The predicted octanol–water partition coefficient (Wildman–Crippen LogP) is 1.97. The summed E-state index contributed by atoms with van der Waals surface area (Å²) in [5.74, 6) is -0.457. The number of ketones is 1. The second-order valence-electron chi connectivity index (χ2n) is 6.17. The maximum Gasteiger partial charge on any atom is 0.265 e. The number of pyridine rings is 1. The number of rotatable bonds is 8. The van der Waals surface area contributed by atoms with Gasteiger partial charge in [0, 0.05) is 38.0 Å². The lowest BCUT2D eigenvalue weighted by Gasteiger charge is -2.10. The van der Waals surface area contributed by atoms with Crippen LogP contribution in [0.3, 0.4) is 0 Å². The molecule has 0 fully saturated rings. The van der Waals surface area contributed by atoms with E-state index in [9.17, 15) is 14.4 Å². The molecule has 148 valence electrons. The van der Waals surface area contributed by atoms with Crippen molar-refractivity contribution in [2.45, 2.75) is 6.92 Å². The number of nitrogens with zero attached hydrogens (tertiary/aromatic N) is 1. The smallest absolute Gasteiger partial charge is 0.265 e. The molecule has 7 nitrogen and oxygen atoms in total. The van der Waals surface area contributed by atoms with Gasteiger partial charge >= 0.3 is 0 Å². The minimum absolute atomic E-state index is 0.0275. The fraction of sp³-hybridized carbons (Fsp3) is 0.286. The number of ether oxygens (including phenoxy) is 2. The zero-order valence-electron chi connectivity index (χ0n) is 16.4. The number of nitrogens with one attached hydrogen (secondary N) is 1. The lowest BCUT2D eigenvalue weighted by atomic mass is 10.1. The van der Waals surface area contributed by atoms with Gasteiger partial charge in [0.05, 0.1) is 13.7 Å². The molecule has 0 aliphatic heterocycles. The van der Waals surface area contributed by atoms with Gasteiger partial charge in [-0.3, -0.25) is 14.4 Å². The molecule has 1 heterocycles. The summed E-state index contributed by atoms with van der Waals surface area (Å²) in [6, 6.07) is 8.48. The molecule has 0 saturated carbocycles. The number of aryl methyl sites for hydroxylation is 1. The molecule has 0 atom stereocenters. The highest BCUT2D eigenvalue weighted by atomic mass is 16.5. The van der Waals surface area contributed by atoms with E-state index < -0.39 is 11.3 Å². The van der Waals surface area contributed by atoms with E-state index in [4.69, 9.17) is 9.47 Å². The lowest BCUT2D eigenvalue weighted by molar-refractivity contribution is 0.0936. The molecule has 1 aromatic heterocycles. The Bertz CT molecular complexity index is 960. The van der Waals surface area contributed by atoms with Gasteiger partial charge in [0.15, 0.2) is 5.78 Å². The van der Waals surface area contributed by atoms with Gasteiger partial charge < -0.3 is 19.4 Å². The zero-order chi connectivity index (χ0) is 20.7. The highest BCUT2D eigenvalue weighted by Crippen LogP contribution is 2.17. The van der Waals surface area contributed by atoms with E-state index in [0.29, 0.717) is 30.0 Å². The van der Waals surface area contributed by atoms with Crippen LogP contribution in [0, 0.1) is 6.92 Å². The molecule has 0 bridgehead atoms. The topological polar surface area (TPSA) is 86.6 Å². The third-order valence-corrected chi connectivity index (χ3v) is 4.27. The molecule has 2 aromatic rings. The van der Waals surface area contributed by atoms with Crippen LogP contribution in [-0.2, 0) is 11.8 Å². The molecule has 2 rings (SSSR count). The van der Waals surface area contributed by atoms with Crippen LogP contribution in [0.1, 0.15) is 32.0 Å². The van der Waals surface area contributed by atoms with Crippen molar-refractivity contribution in [3.8, 4) is 5.75 Å². The van der Waals surface area contributed by atoms with E-state index in [0.717, 1.165) is 0 Å². The van der Waals surface area contributed by atoms with Crippen molar-refractivity contribution in [2.75, 3.05) is 27.4 Å². The van der Waals surface area contributed by atoms with Crippen molar-refractivity contribution in [1.29, 1.82) is 0 Å². The molecule has 0 unspecified atom stereocenters. The summed E-state index contributed by atoms with van der Waals surface area (Å²) in [5, 5.41) is 2.74. The Morgan fingerprint density at radius 3 is 2.64 bits per heavy atom. The van der Waals surface area contributed by atoms with Crippen LogP contribution in [0.15, 0.2) is 41.2 Å². The maximum atomic E-state index is 12.6. The summed E-state index contributed by atoms with van der Waals surface area (Å²) >= 11 is 0. The van der Waals surface area contributed by atoms with E-state index in [1.165, 1.54) is 17.8 Å². The monoisotopic (exact) mass is 384 g/mol. The lowest BCUT2D eigenvalue weighted by Crippen LogP contribution is -2.26. The SMILES string of the molecule is COCCNC(=O)c1cccc(/C=C/C(=O)c2c(OC)cc(C)n(C)c2=O)c1. The third-order valence-electron chi connectivity index (χ3n) is 4.27. The first-order chi connectivity index (χ1) is 13.4. The second kappa shape index (κ2) is 9.66. The Kier molecular flexibility index (Phi) is 7.28. The number of amides is 1. The molecular formula is C21H24N2O5. The number of allylic oxidation sites excluding steroid dienone is 1. The van der Waals surface area contributed by atoms with Gasteiger partial charge in [-0.25, -0.2) is 0 Å². The number of aromatic nitrogens is 1. The van der Waals surface area contributed by atoms with Gasteiger partial charge in [0.25, 0.3) is 11.5 Å². The summed E-state index contributed by atoms with van der Waals surface area (Å²) in [4.78, 5) is 37.2. The number of hydrogen-bond donors (Lipinski definition) is 1. The van der Waals surface area contributed by atoms with Crippen molar-refractivity contribution in [1.82, 2.24) is 9.88 Å². The first-order valence-corrected chi connectivity index (χ1v) is 8.73. The van der Waals surface area contributed by atoms with Crippen LogP contribution in [0.5, 0.6) is 5.75 Å². The van der Waals surface area contributed by atoms with Crippen molar-refractivity contribution >= 4 is 17.8 Å². The van der Waals surface area contributed by atoms with Gasteiger partial charge in [0.1, 0.15) is 11.3 Å². The highest BCUT2D eigenvalue weighted by Gasteiger charge is 2.17. The highest BCUT2D eigenvalue weighted by molar-refractivity contribution is 6.08. The van der Waals surface area contributed by atoms with Crippen LogP contribution in [0.2, 0.25) is 0 Å². The van der Waals surface area contributed by atoms with Crippen LogP contribution in [0.4, 0.5) is 0 Å². The largest absolute Gasteiger partial charge is 0.496 e. The van der Waals surface area contributed by atoms with Gasteiger partial charge in [-0.1, -0.05) is 18.2 Å². The van der Waals surface area contributed by atoms with E-state index in [2.05, 4.69) is 5.32 Å². The van der Waals surface area contributed by atoms with Crippen molar-refractivity contribution < 1.29 is 19.1 Å². The molecular weight excluding hydrogens is 360 g/mol.